The molecule has 1 aliphatic heterocycles. The SMILES string of the molecule is O=C(NCc1ccc(C(=O)O)cc1)NC1CCN(c2ccccc2)CC1. The smallest absolute Gasteiger partial charge is 0.335 e. The molecule has 2 aromatic carbocycles. The van der Waals surface area contributed by atoms with Gasteiger partial charge in [0.25, 0.3) is 0 Å². The van der Waals surface area contributed by atoms with Gasteiger partial charge in [0, 0.05) is 31.4 Å². The number of rotatable bonds is 5. The Morgan fingerprint density at radius 2 is 1.65 bits per heavy atom. The number of para-hydroxylation sites is 1. The van der Waals surface area contributed by atoms with Gasteiger partial charge in [-0.05, 0) is 42.7 Å². The predicted octanol–water partition coefficient (Wildman–Crippen LogP) is 2.85. The fourth-order valence-electron chi connectivity index (χ4n) is 3.10. The number of amides is 2. The quantitative estimate of drug-likeness (QED) is 0.772. The third kappa shape index (κ3) is 4.75. The first-order valence-electron chi connectivity index (χ1n) is 8.78. The summed E-state index contributed by atoms with van der Waals surface area (Å²) in [5, 5.41) is 14.7. The molecule has 0 saturated carbocycles. The molecule has 0 radical (unpaired) electrons. The van der Waals surface area contributed by atoms with E-state index in [1.165, 1.54) is 17.8 Å². The van der Waals surface area contributed by atoms with Crippen LogP contribution < -0.4 is 15.5 Å². The Bertz CT molecular complexity index is 739. The Kier molecular flexibility index (Phi) is 5.73. The molecule has 3 N–H and O–H groups in total. The number of nitrogens with one attached hydrogen (secondary N) is 2. The summed E-state index contributed by atoms with van der Waals surface area (Å²) in [5.74, 6) is -0.955. The van der Waals surface area contributed by atoms with Crippen LogP contribution in [-0.4, -0.2) is 36.2 Å². The number of nitrogens with zero attached hydrogens (tertiary/aromatic N) is 1. The van der Waals surface area contributed by atoms with E-state index < -0.39 is 5.97 Å². The van der Waals surface area contributed by atoms with Crippen molar-refractivity contribution in [3.8, 4) is 0 Å². The first-order chi connectivity index (χ1) is 12.6. The number of benzene rings is 2. The minimum absolute atomic E-state index is 0.171. The topological polar surface area (TPSA) is 81.7 Å². The second kappa shape index (κ2) is 8.38. The minimum Gasteiger partial charge on any atom is -0.478 e. The maximum atomic E-state index is 12.1. The van der Waals surface area contributed by atoms with E-state index in [0.717, 1.165) is 31.5 Å². The van der Waals surface area contributed by atoms with Gasteiger partial charge in [-0.25, -0.2) is 9.59 Å². The molecule has 1 heterocycles. The molecule has 2 amide bonds. The average molecular weight is 353 g/mol. The highest BCUT2D eigenvalue weighted by Gasteiger charge is 2.20. The average Bonchev–Trinajstić information content (AvgIpc) is 2.68. The van der Waals surface area contributed by atoms with Crippen molar-refractivity contribution in [3.63, 3.8) is 0 Å². The van der Waals surface area contributed by atoms with Gasteiger partial charge in [0.15, 0.2) is 0 Å². The number of carboxylic acid groups (broad SMARTS) is 1. The highest BCUT2D eigenvalue weighted by atomic mass is 16.4. The first-order valence-corrected chi connectivity index (χ1v) is 8.78. The molecule has 0 spiro atoms. The second-order valence-corrected chi connectivity index (χ2v) is 6.43. The van der Waals surface area contributed by atoms with Crippen LogP contribution in [0.4, 0.5) is 10.5 Å². The van der Waals surface area contributed by atoms with E-state index >= 15 is 0 Å². The molecule has 0 bridgehead atoms. The lowest BCUT2D eigenvalue weighted by Gasteiger charge is -2.34. The lowest BCUT2D eigenvalue weighted by atomic mass is 10.0. The van der Waals surface area contributed by atoms with Crippen LogP contribution in [0.5, 0.6) is 0 Å². The molecule has 0 aliphatic carbocycles. The Morgan fingerprint density at radius 1 is 1.00 bits per heavy atom. The first kappa shape index (κ1) is 17.8. The molecule has 0 atom stereocenters. The number of aromatic carboxylic acids is 1. The molecule has 26 heavy (non-hydrogen) atoms. The number of carboxylic acids is 1. The molecular formula is C20H23N3O3. The molecule has 1 aliphatic rings. The van der Waals surface area contributed by atoms with Gasteiger partial charge in [0.1, 0.15) is 0 Å². The third-order valence-corrected chi connectivity index (χ3v) is 4.61. The third-order valence-electron chi connectivity index (χ3n) is 4.61. The van der Waals surface area contributed by atoms with Crippen molar-refractivity contribution >= 4 is 17.7 Å². The van der Waals surface area contributed by atoms with Gasteiger partial charge in [-0.3, -0.25) is 0 Å². The molecule has 3 rings (SSSR count). The molecule has 6 heteroatoms. The Morgan fingerprint density at radius 3 is 2.27 bits per heavy atom. The van der Waals surface area contributed by atoms with Crippen molar-refractivity contribution in [2.75, 3.05) is 18.0 Å². The summed E-state index contributed by atoms with van der Waals surface area (Å²) in [4.78, 5) is 25.2. The van der Waals surface area contributed by atoms with E-state index in [0.29, 0.717) is 6.54 Å². The van der Waals surface area contributed by atoms with E-state index in [1.807, 2.05) is 18.2 Å². The monoisotopic (exact) mass is 353 g/mol. The highest BCUT2D eigenvalue weighted by molar-refractivity contribution is 5.87. The molecule has 0 unspecified atom stereocenters. The molecule has 1 fully saturated rings. The summed E-state index contributed by atoms with van der Waals surface area (Å²) in [7, 11) is 0. The molecule has 136 valence electrons. The van der Waals surface area contributed by atoms with E-state index in [4.69, 9.17) is 5.11 Å². The van der Waals surface area contributed by atoms with Crippen LogP contribution in [0.15, 0.2) is 54.6 Å². The van der Waals surface area contributed by atoms with Gasteiger partial charge >= 0.3 is 12.0 Å². The van der Waals surface area contributed by atoms with Crippen LogP contribution in [0.2, 0.25) is 0 Å². The maximum absolute atomic E-state index is 12.1. The zero-order chi connectivity index (χ0) is 18.4. The number of piperidine rings is 1. The largest absolute Gasteiger partial charge is 0.478 e. The highest BCUT2D eigenvalue weighted by Crippen LogP contribution is 2.19. The maximum Gasteiger partial charge on any atom is 0.335 e. The second-order valence-electron chi connectivity index (χ2n) is 6.43. The Labute approximate surface area is 152 Å². The van der Waals surface area contributed by atoms with Crippen molar-refractivity contribution in [2.24, 2.45) is 0 Å². The van der Waals surface area contributed by atoms with E-state index in [9.17, 15) is 9.59 Å². The number of hydrogen-bond donors (Lipinski definition) is 3. The van der Waals surface area contributed by atoms with Crippen molar-refractivity contribution in [3.05, 3.63) is 65.7 Å². The molecule has 1 saturated heterocycles. The normalized spacial score (nSPS) is 14.7. The number of carbonyl (C=O) groups excluding carboxylic acids is 1. The Balaban J connectivity index is 1.41. The van der Waals surface area contributed by atoms with Crippen LogP contribution in [-0.2, 0) is 6.54 Å². The van der Waals surface area contributed by atoms with Crippen LogP contribution in [0.1, 0.15) is 28.8 Å². The molecule has 0 aromatic heterocycles. The zero-order valence-electron chi connectivity index (χ0n) is 14.5. The summed E-state index contributed by atoms with van der Waals surface area (Å²) in [6, 6.07) is 16.8. The van der Waals surface area contributed by atoms with Crippen LogP contribution in [0.25, 0.3) is 0 Å². The van der Waals surface area contributed by atoms with E-state index in [-0.39, 0.29) is 17.6 Å². The number of anilines is 1. The van der Waals surface area contributed by atoms with Gasteiger partial charge in [-0.1, -0.05) is 30.3 Å². The molecule has 2 aromatic rings. The molecular weight excluding hydrogens is 330 g/mol. The summed E-state index contributed by atoms with van der Waals surface area (Å²) in [5.41, 5.74) is 2.33. The fourth-order valence-corrected chi connectivity index (χ4v) is 3.10. The van der Waals surface area contributed by atoms with Gasteiger partial charge in [-0.2, -0.15) is 0 Å². The van der Waals surface area contributed by atoms with E-state index in [2.05, 4.69) is 27.7 Å². The summed E-state index contributed by atoms with van der Waals surface area (Å²) in [6.45, 7) is 2.21. The summed E-state index contributed by atoms with van der Waals surface area (Å²) < 4.78 is 0. The number of carbonyl (C=O) groups is 2. The van der Waals surface area contributed by atoms with Gasteiger partial charge in [0.05, 0.1) is 5.56 Å². The van der Waals surface area contributed by atoms with Crippen LogP contribution in [0.3, 0.4) is 0 Å². The predicted molar refractivity (Wildman–Crippen MR) is 100 cm³/mol. The molecule has 6 nitrogen and oxygen atoms in total. The van der Waals surface area contributed by atoms with Crippen molar-refractivity contribution in [2.45, 2.75) is 25.4 Å². The van der Waals surface area contributed by atoms with Crippen molar-refractivity contribution in [1.82, 2.24) is 10.6 Å². The van der Waals surface area contributed by atoms with Crippen molar-refractivity contribution in [1.29, 1.82) is 0 Å². The summed E-state index contributed by atoms with van der Waals surface area (Å²) >= 11 is 0. The Hall–Kier alpha value is -3.02. The van der Waals surface area contributed by atoms with Crippen LogP contribution >= 0.6 is 0 Å². The van der Waals surface area contributed by atoms with Gasteiger partial charge < -0.3 is 20.6 Å². The zero-order valence-corrected chi connectivity index (χ0v) is 14.5. The standard InChI is InChI=1S/C20H23N3O3/c24-19(25)16-8-6-15(7-9-16)14-21-20(26)22-17-10-12-23(13-11-17)18-4-2-1-3-5-18/h1-9,17H,10-14H2,(H,24,25)(H2,21,22,26). The minimum atomic E-state index is -0.955. The van der Waals surface area contributed by atoms with E-state index in [1.54, 1.807) is 12.1 Å². The summed E-state index contributed by atoms with van der Waals surface area (Å²) in [6.07, 6.45) is 1.82. The van der Waals surface area contributed by atoms with Gasteiger partial charge in [-0.15, -0.1) is 0 Å². The van der Waals surface area contributed by atoms with Gasteiger partial charge in [0.2, 0.25) is 0 Å². The number of urea groups is 1. The fraction of sp³-hybridized carbons (Fsp3) is 0.300. The lowest BCUT2D eigenvalue weighted by Crippen LogP contribution is -2.47. The van der Waals surface area contributed by atoms with Crippen LogP contribution in [0, 0.1) is 0 Å². The lowest BCUT2D eigenvalue weighted by molar-refractivity contribution is 0.0697. The van der Waals surface area contributed by atoms with Crippen molar-refractivity contribution < 1.29 is 14.7 Å². The number of hydrogen-bond acceptors (Lipinski definition) is 3.